The molecule has 0 saturated carbocycles. The van der Waals surface area contributed by atoms with Gasteiger partial charge in [0.15, 0.2) is 23.1 Å². The van der Waals surface area contributed by atoms with Crippen molar-refractivity contribution in [1.29, 1.82) is 0 Å². The van der Waals surface area contributed by atoms with Crippen LogP contribution in [0.5, 0.6) is 17.2 Å². The molecule has 4 aromatic rings. The zero-order valence-corrected chi connectivity index (χ0v) is 27.1. The summed E-state index contributed by atoms with van der Waals surface area (Å²) in [6.07, 6.45) is 3.26. The normalized spacial score (nSPS) is 18.7. The highest BCUT2D eigenvalue weighted by atomic mass is 16.5. The number of aryl methyl sites for hydroxylation is 3. The molecule has 7 rings (SSSR count). The molecule has 0 saturated heterocycles. The second kappa shape index (κ2) is 11.2. The summed E-state index contributed by atoms with van der Waals surface area (Å²) in [5, 5.41) is 10.2. The number of allylic oxidation sites excluding steroid dienone is 6. The van der Waals surface area contributed by atoms with Crippen LogP contribution in [0.4, 0.5) is 0 Å². The van der Waals surface area contributed by atoms with Gasteiger partial charge in [-0.25, -0.2) is 28.5 Å². The van der Waals surface area contributed by atoms with Gasteiger partial charge >= 0.3 is 11.4 Å². The number of phenolic OH excluding ortho intramolecular Hbond substituents is 1. The molecule has 3 heterocycles. The van der Waals surface area contributed by atoms with Crippen molar-refractivity contribution < 1.29 is 24.2 Å². The number of phenols is 1. The van der Waals surface area contributed by atoms with E-state index in [0.29, 0.717) is 50.4 Å². The van der Waals surface area contributed by atoms with Crippen molar-refractivity contribution in [2.24, 2.45) is 7.05 Å². The van der Waals surface area contributed by atoms with E-state index in [1.807, 2.05) is 6.08 Å². The molecule has 3 aliphatic rings. The lowest BCUT2D eigenvalue weighted by atomic mass is 9.68. The van der Waals surface area contributed by atoms with Crippen LogP contribution in [0.25, 0.3) is 11.0 Å². The molecule has 2 aliphatic carbocycles. The molecule has 2 unspecified atom stereocenters. The quantitative estimate of drug-likeness (QED) is 0.244. The second-order valence-corrected chi connectivity index (χ2v) is 12.3. The van der Waals surface area contributed by atoms with Crippen LogP contribution in [0.1, 0.15) is 42.1 Å². The average Bonchev–Trinajstić information content (AvgIpc) is 3.32. The monoisotopic (exact) mass is 651 g/mol. The zero-order chi connectivity index (χ0) is 34.2. The molecular formula is C35H33N5O8. The molecule has 2 atom stereocenters. The van der Waals surface area contributed by atoms with E-state index in [0.717, 1.165) is 10.1 Å². The van der Waals surface area contributed by atoms with Crippen molar-refractivity contribution in [3.63, 3.8) is 0 Å². The molecular weight excluding hydrogens is 618 g/mol. The number of nitrogens with zero attached hydrogens (tertiary/aromatic N) is 5. The summed E-state index contributed by atoms with van der Waals surface area (Å²) in [4.78, 5) is 72.6. The van der Waals surface area contributed by atoms with Crippen LogP contribution < -0.4 is 26.4 Å². The Hall–Kier alpha value is -5.72. The van der Waals surface area contributed by atoms with Crippen LogP contribution in [0.3, 0.4) is 0 Å². The molecule has 2 aromatic carbocycles. The fraction of sp³-hybridized carbons (Fsp3) is 0.314. The van der Waals surface area contributed by atoms with Crippen LogP contribution in [-0.2, 0) is 36.1 Å². The Morgan fingerprint density at radius 2 is 1.71 bits per heavy atom. The fourth-order valence-corrected chi connectivity index (χ4v) is 7.22. The van der Waals surface area contributed by atoms with E-state index in [1.54, 1.807) is 51.2 Å². The highest BCUT2D eigenvalue weighted by Crippen LogP contribution is 2.50. The molecule has 0 bridgehead atoms. The summed E-state index contributed by atoms with van der Waals surface area (Å²) in [7, 11) is 4.61. The maximum absolute atomic E-state index is 14.1. The number of carbonyl (C=O) groups excluding carboxylic acids is 2. The lowest BCUT2D eigenvalue weighted by Crippen LogP contribution is -2.40. The predicted octanol–water partition coefficient (Wildman–Crippen LogP) is 2.40. The summed E-state index contributed by atoms with van der Waals surface area (Å²) >= 11 is 0. The third-order valence-electron chi connectivity index (χ3n) is 9.68. The van der Waals surface area contributed by atoms with E-state index >= 15 is 0 Å². The molecule has 0 amide bonds. The van der Waals surface area contributed by atoms with E-state index in [4.69, 9.17) is 9.47 Å². The van der Waals surface area contributed by atoms with Gasteiger partial charge in [-0.1, -0.05) is 18.2 Å². The smallest absolute Gasteiger partial charge is 0.347 e. The van der Waals surface area contributed by atoms with E-state index in [-0.39, 0.29) is 54.5 Å². The minimum atomic E-state index is -0.713. The summed E-state index contributed by atoms with van der Waals surface area (Å²) in [5.74, 6) is -0.223. The fourth-order valence-electron chi connectivity index (χ4n) is 7.22. The van der Waals surface area contributed by atoms with E-state index in [1.165, 1.54) is 34.2 Å². The number of benzene rings is 2. The predicted molar refractivity (Wildman–Crippen MR) is 175 cm³/mol. The Balaban J connectivity index is 1.29. The van der Waals surface area contributed by atoms with Crippen molar-refractivity contribution >= 4 is 22.6 Å². The molecule has 13 heteroatoms. The van der Waals surface area contributed by atoms with Gasteiger partial charge in [-0.15, -0.1) is 0 Å². The first-order valence-corrected chi connectivity index (χ1v) is 15.5. The van der Waals surface area contributed by atoms with Crippen molar-refractivity contribution in [3.8, 4) is 17.2 Å². The molecule has 0 spiro atoms. The first kappa shape index (κ1) is 30.9. The summed E-state index contributed by atoms with van der Waals surface area (Å²) in [6, 6.07) is 7.64. The third kappa shape index (κ3) is 4.52. The van der Waals surface area contributed by atoms with Gasteiger partial charge < -0.3 is 19.1 Å². The minimum Gasteiger partial charge on any atom is -0.508 e. The maximum Gasteiger partial charge on any atom is 0.347 e. The van der Waals surface area contributed by atoms with E-state index < -0.39 is 23.3 Å². The Morgan fingerprint density at radius 1 is 0.979 bits per heavy atom. The van der Waals surface area contributed by atoms with Crippen LogP contribution in [0, 0.1) is 6.92 Å². The average molecular weight is 652 g/mol. The molecule has 13 nitrogen and oxygen atoms in total. The number of carbonyl (C=O) groups is 2. The highest BCUT2D eigenvalue weighted by Gasteiger charge is 2.44. The van der Waals surface area contributed by atoms with Gasteiger partial charge in [-0.2, -0.15) is 0 Å². The van der Waals surface area contributed by atoms with E-state index in [9.17, 15) is 29.1 Å². The summed E-state index contributed by atoms with van der Waals surface area (Å²) in [6.45, 7) is 3.29. The molecule has 48 heavy (non-hydrogen) atoms. The molecule has 0 radical (unpaired) electrons. The third-order valence-corrected chi connectivity index (χ3v) is 9.68. The molecule has 2 aromatic heterocycles. The molecule has 0 fully saturated rings. The van der Waals surface area contributed by atoms with Gasteiger partial charge in [-0.05, 0) is 42.7 Å². The number of fused-ring (bicyclic) bond motifs is 4. The number of Topliss-reactive ketones (excluding diaryl/α,β-unsaturated/α-hetero) is 1. The van der Waals surface area contributed by atoms with Crippen molar-refractivity contribution in [2.75, 3.05) is 14.2 Å². The molecule has 1 N–H and O–H groups in total. The number of aromatic hydroxyl groups is 1. The maximum atomic E-state index is 14.1. The summed E-state index contributed by atoms with van der Waals surface area (Å²) in [5.41, 5.74) is 2.65. The number of aromatic nitrogens is 5. The largest absolute Gasteiger partial charge is 0.508 e. The first-order chi connectivity index (χ1) is 22.9. The Bertz CT molecular complexity index is 2380. The molecule has 246 valence electrons. The van der Waals surface area contributed by atoms with Crippen LogP contribution >= 0.6 is 0 Å². The van der Waals surface area contributed by atoms with Crippen molar-refractivity contribution in [2.45, 2.75) is 51.7 Å². The number of methoxy groups -OCH3 is 2. The Kier molecular flexibility index (Phi) is 7.22. The van der Waals surface area contributed by atoms with Crippen LogP contribution in [-0.4, -0.2) is 54.4 Å². The Morgan fingerprint density at radius 3 is 2.42 bits per heavy atom. The zero-order valence-electron chi connectivity index (χ0n) is 27.1. The minimum absolute atomic E-state index is 0.00274. The topological polar surface area (TPSA) is 157 Å². The SMILES string of the molecule is COc1cc2nc(CCn3c(=O)n4n(c3=O)C3CC5=C(C(=O)C=C(C)C5=O)C(c5ccc(O)c(C)c5)C3=CC4)c(=O)n(C)c2cc1OC. The van der Waals surface area contributed by atoms with Crippen LogP contribution in [0.2, 0.25) is 0 Å². The van der Waals surface area contributed by atoms with Gasteiger partial charge in [0.2, 0.25) is 0 Å². The number of ether oxygens (including phenoxy) is 2. The number of hydrogen-bond acceptors (Lipinski definition) is 9. The summed E-state index contributed by atoms with van der Waals surface area (Å²) < 4.78 is 16.0. The van der Waals surface area contributed by atoms with Gasteiger partial charge in [0.1, 0.15) is 11.4 Å². The first-order valence-electron chi connectivity index (χ1n) is 15.5. The second-order valence-electron chi connectivity index (χ2n) is 12.3. The van der Waals surface area contributed by atoms with E-state index in [2.05, 4.69) is 4.98 Å². The van der Waals surface area contributed by atoms with Crippen LogP contribution in [0.15, 0.2) is 79.2 Å². The number of hydrogen-bond donors (Lipinski definition) is 1. The standard InChI is InChI=1S/C35H33N5O8/c1-17-12-19(6-7-26(17)41)30-20-8-11-39-34(45)38(35(46)40(39)24(20)14-21-31(30)27(42)13-18(2)32(21)43)10-9-22-33(44)37(3)25-16-29(48-5)28(47-4)15-23(25)36-22/h6-8,12-13,15-16,24,30,41H,9-11,14H2,1-5H3. The number of rotatable bonds is 6. The van der Waals surface area contributed by atoms with Gasteiger partial charge in [0.05, 0.1) is 37.8 Å². The highest BCUT2D eigenvalue weighted by molar-refractivity contribution is 6.23. The van der Waals surface area contributed by atoms with Crippen molar-refractivity contribution in [3.05, 3.63) is 113 Å². The number of ketones is 2. The lowest BCUT2D eigenvalue weighted by Gasteiger charge is -2.39. The van der Waals surface area contributed by atoms with Gasteiger partial charge in [0, 0.05) is 61.2 Å². The molecule has 1 aliphatic heterocycles. The Labute approximate surface area is 273 Å². The van der Waals surface area contributed by atoms with Gasteiger partial charge in [-0.3, -0.25) is 14.4 Å². The van der Waals surface area contributed by atoms with Crippen molar-refractivity contribution in [1.82, 2.24) is 23.5 Å². The lowest BCUT2D eigenvalue weighted by molar-refractivity contribution is -0.116. The van der Waals surface area contributed by atoms with Gasteiger partial charge in [0.25, 0.3) is 5.56 Å².